The van der Waals surface area contributed by atoms with E-state index >= 15 is 0 Å². The van der Waals surface area contributed by atoms with Crippen molar-refractivity contribution in [3.8, 4) is 0 Å². The van der Waals surface area contributed by atoms with Crippen LogP contribution >= 0.6 is 0 Å². The van der Waals surface area contributed by atoms with Gasteiger partial charge in [-0.15, -0.1) is 0 Å². The van der Waals surface area contributed by atoms with E-state index in [2.05, 4.69) is 4.74 Å². The summed E-state index contributed by atoms with van der Waals surface area (Å²) < 4.78 is 18.3. The van der Waals surface area contributed by atoms with Gasteiger partial charge < -0.3 is 4.74 Å². The number of ether oxygens (including phenoxy) is 1. The van der Waals surface area contributed by atoms with Crippen molar-refractivity contribution < 1.29 is 13.9 Å². The zero-order chi connectivity index (χ0) is 10.1. The van der Waals surface area contributed by atoms with Crippen molar-refractivity contribution in [2.75, 3.05) is 7.11 Å². The average Bonchev–Trinajstić information content (AvgIpc) is 2.50. The Balaban J connectivity index is 2.71. The van der Waals surface area contributed by atoms with Gasteiger partial charge in [-0.05, 0) is 19.3 Å². The Morgan fingerprint density at radius 2 is 2.23 bits per heavy atom. The largest absolute Gasteiger partial charge is 0.467 e. The van der Waals surface area contributed by atoms with Crippen LogP contribution in [0.25, 0.3) is 0 Å². The molecular formula is C10H15FO2. The van der Waals surface area contributed by atoms with Crippen LogP contribution in [-0.2, 0) is 9.53 Å². The Labute approximate surface area is 77.8 Å². The highest BCUT2D eigenvalue weighted by atomic mass is 19.1. The first-order valence-electron chi connectivity index (χ1n) is 4.44. The number of carbonyl (C=O) groups excluding carboxylic acids is 1. The molecule has 0 fully saturated rings. The van der Waals surface area contributed by atoms with Crippen LogP contribution in [0.3, 0.4) is 0 Å². The number of methoxy groups -OCH3 is 1. The molecule has 0 radical (unpaired) electrons. The van der Waals surface area contributed by atoms with Gasteiger partial charge in [0.2, 0.25) is 5.67 Å². The topological polar surface area (TPSA) is 26.3 Å². The van der Waals surface area contributed by atoms with Gasteiger partial charge in [-0.3, -0.25) is 0 Å². The predicted molar refractivity (Wildman–Crippen MR) is 47.9 cm³/mol. The summed E-state index contributed by atoms with van der Waals surface area (Å²) in [6.45, 7) is 3.29. The summed E-state index contributed by atoms with van der Waals surface area (Å²) in [7, 11) is 1.21. The first-order valence-corrected chi connectivity index (χ1v) is 4.44. The minimum Gasteiger partial charge on any atom is -0.467 e. The molecule has 0 aromatic carbocycles. The fraction of sp³-hybridized carbons (Fsp3) is 0.700. The van der Waals surface area contributed by atoms with E-state index in [-0.39, 0.29) is 5.92 Å². The average molecular weight is 186 g/mol. The summed E-state index contributed by atoms with van der Waals surface area (Å²) in [4.78, 5) is 11.1. The second kappa shape index (κ2) is 3.48. The third-order valence-corrected chi connectivity index (χ3v) is 2.58. The molecule has 0 bridgehead atoms. The van der Waals surface area contributed by atoms with E-state index in [1.54, 1.807) is 6.08 Å². The highest BCUT2D eigenvalue weighted by Gasteiger charge is 2.43. The number of esters is 1. The molecule has 0 spiro atoms. The van der Waals surface area contributed by atoms with Crippen LogP contribution in [0.5, 0.6) is 0 Å². The molecule has 1 rings (SSSR count). The number of halogens is 1. The summed E-state index contributed by atoms with van der Waals surface area (Å²) in [5, 5.41) is 0. The van der Waals surface area contributed by atoms with Gasteiger partial charge in [0.05, 0.1) is 7.11 Å². The van der Waals surface area contributed by atoms with Crippen LogP contribution in [0.4, 0.5) is 4.39 Å². The normalized spacial score (nSPS) is 31.4. The third-order valence-electron chi connectivity index (χ3n) is 2.58. The lowest BCUT2D eigenvalue weighted by molar-refractivity contribution is -0.156. The number of rotatable bonds is 2. The summed E-state index contributed by atoms with van der Waals surface area (Å²) in [6, 6.07) is 0. The molecule has 1 aliphatic carbocycles. The van der Waals surface area contributed by atoms with Crippen molar-refractivity contribution in [2.45, 2.75) is 25.9 Å². The second-order valence-electron chi connectivity index (χ2n) is 3.77. The molecule has 13 heavy (non-hydrogen) atoms. The van der Waals surface area contributed by atoms with Gasteiger partial charge in [0.1, 0.15) is 0 Å². The smallest absolute Gasteiger partial charge is 0.343 e. The minimum atomic E-state index is -1.88. The highest BCUT2D eigenvalue weighted by molar-refractivity contribution is 5.79. The number of allylic oxidation sites excluding steroid dienone is 2. The number of hydrogen-bond acceptors (Lipinski definition) is 2. The van der Waals surface area contributed by atoms with Gasteiger partial charge in [-0.1, -0.05) is 19.1 Å². The fourth-order valence-corrected chi connectivity index (χ4v) is 1.63. The van der Waals surface area contributed by atoms with Crippen molar-refractivity contribution >= 4 is 5.97 Å². The molecule has 0 N–H and O–H groups in total. The lowest BCUT2D eigenvalue weighted by Gasteiger charge is -2.23. The van der Waals surface area contributed by atoms with E-state index < -0.39 is 11.6 Å². The Hall–Kier alpha value is -0.860. The first-order chi connectivity index (χ1) is 5.98. The molecule has 0 saturated carbocycles. The minimum absolute atomic E-state index is 0.338. The van der Waals surface area contributed by atoms with Gasteiger partial charge in [0.25, 0.3) is 0 Å². The van der Waals surface area contributed by atoms with E-state index in [0.717, 1.165) is 0 Å². The maximum absolute atomic E-state index is 13.8. The van der Waals surface area contributed by atoms with Crippen molar-refractivity contribution in [3.63, 3.8) is 0 Å². The molecule has 0 aromatic rings. The van der Waals surface area contributed by atoms with Gasteiger partial charge in [-0.2, -0.15) is 0 Å². The van der Waals surface area contributed by atoms with Crippen molar-refractivity contribution in [2.24, 2.45) is 11.8 Å². The summed E-state index contributed by atoms with van der Waals surface area (Å²) in [5.41, 5.74) is -1.88. The third kappa shape index (κ3) is 1.90. The number of hydrogen-bond donors (Lipinski definition) is 0. The first kappa shape index (κ1) is 10.2. The zero-order valence-corrected chi connectivity index (χ0v) is 8.21. The molecule has 3 unspecified atom stereocenters. The summed E-state index contributed by atoms with van der Waals surface area (Å²) in [5.74, 6) is -0.768. The van der Waals surface area contributed by atoms with Crippen LogP contribution in [0, 0.1) is 11.8 Å². The molecule has 3 heteroatoms. The standard InChI is InChI=1S/C10H15FO2/c1-7-4-5-8(6-7)10(2,11)9(12)13-3/h4-5,7-8H,6H2,1-3H3. The van der Waals surface area contributed by atoms with E-state index in [0.29, 0.717) is 12.3 Å². The SMILES string of the molecule is COC(=O)C(C)(F)C1C=CC(C)C1. The molecule has 0 amide bonds. The lowest BCUT2D eigenvalue weighted by atomic mass is 9.89. The molecular weight excluding hydrogens is 171 g/mol. The van der Waals surface area contributed by atoms with Crippen molar-refractivity contribution in [1.29, 1.82) is 0 Å². The van der Waals surface area contributed by atoms with Crippen molar-refractivity contribution in [1.82, 2.24) is 0 Å². The van der Waals surface area contributed by atoms with Crippen LogP contribution in [0.15, 0.2) is 12.2 Å². The van der Waals surface area contributed by atoms with Crippen molar-refractivity contribution in [3.05, 3.63) is 12.2 Å². The maximum atomic E-state index is 13.8. The molecule has 2 nitrogen and oxygen atoms in total. The van der Waals surface area contributed by atoms with Gasteiger partial charge in [0.15, 0.2) is 0 Å². The molecule has 3 atom stereocenters. The van der Waals surface area contributed by atoms with Crippen LogP contribution in [-0.4, -0.2) is 18.7 Å². The Bertz CT molecular complexity index is 233. The molecule has 0 saturated heterocycles. The molecule has 1 aliphatic rings. The van der Waals surface area contributed by atoms with Crippen LogP contribution in [0.1, 0.15) is 20.3 Å². The van der Waals surface area contributed by atoms with Crippen LogP contribution < -0.4 is 0 Å². The maximum Gasteiger partial charge on any atom is 0.343 e. The molecule has 0 heterocycles. The monoisotopic (exact) mass is 186 g/mol. The van der Waals surface area contributed by atoms with Crippen LogP contribution in [0.2, 0.25) is 0 Å². The number of carbonyl (C=O) groups is 1. The van der Waals surface area contributed by atoms with E-state index in [9.17, 15) is 9.18 Å². The number of alkyl halides is 1. The Morgan fingerprint density at radius 3 is 2.62 bits per heavy atom. The Kier molecular flexibility index (Phi) is 2.74. The van der Waals surface area contributed by atoms with Gasteiger partial charge in [0, 0.05) is 5.92 Å². The van der Waals surface area contributed by atoms with E-state index in [1.165, 1.54) is 14.0 Å². The van der Waals surface area contributed by atoms with E-state index in [1.807, 2.05) is 13.0 Å². The predicted octanol–water partition coefficient (Wildman–Crippen LogP) is 2.10. The highest BCUT2D eigenvalue weighted by Crippen LogP contribution is 2.35. The van der Waals surface area contributed by atoms with Gasteiger partial charge >= 0.3 is 5.97 Å². The summed E-state index contributed by atoms with van der Waals surface area (Å²) in [6.07, 6.45) is 4.38. The lowest BCUT2D eigenvalue weighted by Crippen LogP contribution is -2.38. The molecule has 0 aromatic heterocycles. The van der Waals surface area contributed by atoms with E-state index in [4.69, 9.17) is 0 Å². The Morgan fingerprint density at radius 1 is 1.62 bits per heavy atom. The quantitative estimate of drug-likeness (QED) is 0.487. The fourth-order valence-electron chi connectivity index (χ4n) is 1.63. The molecule has 0 aliphatic heterocycles. The second-order valence-corrected chi connectivity index (χ2v) is 3.77. The zero-order valence-electron chi connectivity index (χ0n) is 8.21. The summed E-state index contributed by atoms with van der Waals surface area (Å²) >= 11 is 0. The van der Waals surface area contributed by atoms with Gasteiger partial charge in [-0.25, -0.2) is 9.18 Å². The molecule has 74 valence electrons.